The molecule has 8 nitrogen and oxygen atoms in total. The van der Waals surface area contributed by atoms with Gasteiger partial charge in [0.25, 0.3) is 11.8 Å². The first-order valence-corrected chi connectivity index (χ1v) is 10.8. The van der Waals surface area contributed by atoms with Crippen molar-refractivity contribution in [3.63, 3.8) is 0 Å². The van der Waals surface area contributed by atoms with E-state index in [-0.39, 0.29) is 55.8 Å². The van der Waals surface area contributed by atoms with Gasteiger partial charge in [-0.05, 0) is 38.1 Å². The third-order valence-corrected chi connectivity index (χ3v) is 5.94. The molecule has 1 aromatic heterocycles. The highest BCUT2D eigenvalue weighted by Gasteiger charge is 2.54. The molecule has 176 valence electrons. The van der Waals surface area contributed by atoms with Crippen LogP contribution in [0.5, 0.6) is 0 Å². The summed E-state index contributed by atoms with van der Waals surface area (Å²) in [5, 5.41) is 2.82. The highest BCUT2D eigenvalue weighted by Crippen LogP contribution is 2.39. The highest BCUT2D eigenvalue weighted by molar-refractivity contribution is 5.97. The molecule has 33 heavy (non-hydrogen) atoms. The number of amides is 3. The zero-order chi connectivity index (χ0) is 23.8. The Morgan fingerprint density at radius 3 is 2.45 bits per heavy atom. The molecule has 1 spiro atoms. The average molecular weight is 461 g/mol. The lowest BCUT2D eigenvalue weighted by Gasteiger charge is -2.44. The van der Waals surface area contributed by atoms with Crippen molar-refractivity contribution in [2.45, 2.75) is 44.5 Å². The fourth-order valence-corrected chi connectivity index (χ4v) is 4.36. The zero-order valence-corrected chi connectivity index (χ0v) is 18.3. The predicted molar refractivity (Wildman–Crippen MR) is 112 cm³/mol. The fourth-order valence-electron chi connectivity index (χ4n) is 4.36. The summed E-state index contributed by atoms with van der Waals surface area (Å²) in [7, 11) is 0. The lowest BCUT2D eigenvalue weighted by molar-refractivity contribution is -0.128. The molecule has 0 radical (unpaired) electrons. The summed E-state index contributed by atoms with van der Waals surface area (Å²) in [5.74, 6) is -3.01. The van der Waals surface area contributed by atoms with E-state index in [0.717, 1.165) is 12.1 Å². The number of likely N-dealkylation sites (tertiary alicyclic amines) is 1. The Morgan fingerprint density at radius 2 is 1.85 bits per heavy atom. The van der Waals surface area contributed by atoms with E-state index in [1.807, 2.05) is 13.8 Å². The van der Waals surface area contributed by atoms with Crippen molar-refractivity contribution in [1.82, 2.24) is 15.1 Å². The van der Waals surface area contributed by atoms with Gasteiger partial charge in [0, 0.05) is 38.0 Å². The van der Waals surface area contributed by atoms with E-state index in [4.69, 9.17) is 9.15 Å². The molecule has 1 atom stereocenters. The van der Waals surface area contributed by atoms with Gasteiger partial charge in [-0.3, -0.25) is 19.3 Å². The van der Waals surface area contributed by atoms with Gasteiger partial charge in [-0.2, -0.15) is 0 Å². The van der Waals surface area contributed by atoms with Crippen molar-refractivity contribution in [2.75, 3.05) is 19.7 Å². The molecule has 10 heteroatoms. The lowest BCUT2D eigenvalue weighted by Crippen LogP contribution is -2.60. The Balaban J connectivity index is 1.55. The smallest absolute Gasteiger partial charge is 0.292 e. The van der Waals surface area contributed by atoms with Crippen molar-refractivity contribution in [2.24, 2.45) is 0 Å². The third kappa shape index (κ3) is 4.35. The van der Waals surface area contributed by atoms with Crippen LogP contribution in [0.1, 0.15) is 47.6 Å². The molecule has 1 unspecified atom stereocenters. The summed E-state index contributed by atoms with van der Waals surface area (Å²) in [6.07, 6.45) is 1.82. The second-order valence-electron chi connectivity index (χ2n) is 8.51. The highest BCUT2D eigenvalue weighted by atomic mass is 19.1. The maximum Gasteiger partial charge on any atom is 0.292 e. The van der Waals surface area contributed by atoms with Crippen LogP contribution in [-0.4, -0.2) is 65.0 Å². The Bertz CT molecular complexity index is 1050. The standard InChI is InChI=1S/C23H25F2N3O5/c1-14(2)26-20(29)18-13-33-23(28(18)22(31)19-4-3-11-32-19)7-9-27(10-8-23)21(30)16-6-5-15(24)12-17(16)25/h3-6,11-12,14,18H,7-10,13H2,1-2H3,(H,26,29). The van der Waals surface area contributed by atoms with Crippen LogP contribution in [0.15, 0.2) is 41.0 Å². The Labute approximate surface area is 189 Å². The van der Waals surface area contributed by atoms with Gasteiger partial charge in [0.2, 0.25) is 5.91 Å². The number of piperidine rings is 1. The summed E-state index contributed by atoms with van der Waals surface area (Å²) in [4.78, 5) is 41.8. The molecule has 0 bridgehead atoms. The van der Waals surface area contributed by atoms with E-state index < -0.39 is 35.2 Å². The number of hydrogen-bond acceptors (Lipinski definition) is 5. The van der Waals surface area contributed by atoms with Gasteiger partial charge in [0.05, 0.1) is 18.4 Å². The number of carbonyl (C=O) groups excluding carboxylic acids is 3. The molecular formula is C23H25F2N3O5. The summed E-state index contributed by atoms with van der Waals surface area (Å²) < 4.78 is 38.6. The molecule has 1 aromatic carbocycles. The maximum absolute atomic E-state index is 14.1. The maximum atomic E-state index is 14.1. The minimum absolute atomic E-state index is 0.00549. The van der Waals surface area contributed by atoms with Crippen LogP contribution in [0, 0.1) is 11.6 Å². The number of benzene rings is 1. The molecule has 2 aliphatic rings. The molecule has 4 rings (SSSR count). The third-order valence-electron chi connectivity index (χ3n) is 5.94. The molecule has 2 aliphatic heterocycles. The molecule has 0 aliphatic carbocycles. The Morgan fingerprint density at radius 1 is 1.12 bits per heavy atom. The van der Waals surface area contributed by atoms with Gasteiger partial charge in [0.15, 0.2) is 5.76 Å². The van der Waals surface area contributed by atoms with Gasteiger partial charge >= 0.3 is 0 Å². The largest absolute Gasteiger partial charge is 0.459 e. The van der Waals surface area contributed by atoms with E-state index in [9.17, 15) is 23.2 Å². The van der Waals surface area contributed by atoms with Crippen LogP contribution in [0.3, 0.4) is 0 Å². The van der Waals surface area contributed by atoms with Crippen molar-refractivity contribution < 1.29 is 32.3 Å². The van der Waals surface area contributed by atoms with Gasteiger partial charge in [-0.1, -0.05) is 0 Å². The molecule has 2 fully saturated rings. The lowest BCUT2D eigenvalue weighted by atomic mass is 9.96. The normalized spacial score (nSPS) is 19.8. The average Bonchev–Trinajstić information content (AvgIpc) is 3.42. The number of rotatable bonds is 4. The molecule has 2 aromatic rings. The van der Waals surface area contributed by atoms with E-state index in [0.29, 0.717) is 6.07 Å². The van der Waals surface area contributed by atoms with Gasteiger partial charge in [0.1, 0.15) is 23.4 Å². The molecule has 3 amide bonds. The van der Waals surface area contributed by atoms with Crippen molar-refractivity contribution in [3.05, 3.63) is 59.6 Å². The molecule has 3 heterocycles. The van der Waals surface area contributed by atoms with Crippen LogP contribution in [-0.2, 0) is 9.53 Å². The Hall–Kier alpha value is -3.27. The summed E-state index contributed by atoms with van der Waals surface area (Å²) in [6.45, 7) is 3.97. The molecule has 0 saturated carbocycles. The van der Waals surface area contributed by atoms with Gasteiger partial charge in [-0.25, -0.2) is 8.78 Å². The zero-order valence-electron chi connectivity index (χ0n) is 18.3. The first-order chi connectivity index (χ1) is 15.7. The summed E-state index contributed by atoms with van der Waals surface area (Å²) >= 11 is 0. The monoisotopic (exact) mass is 461 g/mol. The molecule has 1 N–H and O–H groups in total. The van der Waals surface area contributed by atoms with Crippen LogP contribution in [0.4, 0.5) is 8.78 Å². The molecular weight excluding hydrogens is 436 g/mol. The second kappa shape index (κ2) is 8.93. The first kappa shape index (κ1) is 22.9. The van der Waals surface area contributed by atoms with Crippen molar-refractivity contribution >= 4 is 17.7 Å². The molecule has 2 saturated heterocycles. The van der Waals surface area contributed by atoms with Crippen molar-refractivity contribution in [1.29, 1.82) is 0 Å². The van der Waals surface area contributed by atoms with Crippen LogP contribution < -0.4 is 5.32 Å². The quantitative estimate of drug-likeness (QED) is 0.756. The number of furan rings is 1. The number of hydrogen-bond donors (Lipinski definition) is 1. The van der Waals surface area contributed by atoms with E-state index in [1.54, 1.807) is 6.07 Å². The van der Waals surface area contributed by atoms with E-state index >= 15 is 0 Å². The van der Waals surface area contributed by atoms with Crippen LogP contribution in [0.2, 0.25) is 0 Å². The number of halogens is 2. The fraction of sp³-hybridized carbons (Fsp3) is 0.435. The topological polar surface area (TPSA) is 92.1 Å². The number of ether oxygens (including phenoxy) is 1. The Kier molecular flexibility index (Phi) is 6.20. The van der Waals surface area contributed by atoms with E-state index in [2.05, 4.69) is 5.32 Å². The SMILES string of the molecule is CC(C)NC(=O)C1COC2(CCN(C(=O)c3ccc(F)cc3F)CC2)N1C(=O)c1ccco1. The second-order valence-corrected chi connectivity index (χ2v) is 8.51. The van der Waals surface area contributed by atoms with E-state index in [1.165, 1.54) is 22.1 Å². The van der Waals surface area contributed by atoms with Gasteiger partial charge in [-0.15, -0.1) is 0 Å². The summed E-state index contributed by atoms with van der Waals surface area (Å²) in [5.41, 5.74) is -1.33. The minimum atomic E-state index is -1.11. The van der Waals surface area contributed by atoms with Gasteiger partial charge < -0.3 is 19.4 Å². The minimum Gasteiger partial charge on any atom is -0.459 e. The predicted octanol–water partition coefficient (Wildman–Crippen LogP) is 2.56. The first-order valence-electron chi connectivity index (χ1n) is 10.8. The van der Waals surface area contributed by atoms with Crippen LogP contribution in [0.25, 0.3) is 0 Å². The summed E-state index contributed by atoms with van der Waals surface area (Å²) in [6, 6.07) is 4.92. The van der Waals surface area contributed by atoms with Crippen LogP contribution >= 0.6 is 0 Å². The number of nitrogens with zero attached hydrogens (tertiary/aromatic N) is 2. The number of carbonyl (C=O) groups is 3. The van der Waals surface area contributed by atoms with Crippen molar-refractivity contribution in [3.8, 4) is 0 Å². The number of nitrogens with one attached hydrogen (secondary N) is 1.